The Morgan fingerprint density at radius 3 is 2.70 bits per heavy atom. The zero-order chi connectivity index (χ0) is 21.8. The summed E-state index contributed by atoms with van der Waals surface area (Å²) in [5.74, 6) is 0.0955. The second kappa shape index (κ2) is 9.34. The zero-order valence-electron chi connectivity index (χ0n) is 17.5. The molecule has 1 aromatic carbocycles. The molecule has 0 radical (unpaired) electrons. The molecule has 160 valence electrons. The lowest BCUT2D eigenvalue weighted by atomic mass is 10.2. The lowest BCUT2D eigenvalue weighted by Gasteiger charge is -2.21. The molecule has 0 fully saturated rings. The molecule has 0 saturated carbocycles. The van der Waals surface area contributed by atoms with Crippen molar-refractivity contribution >= 4 is 46.0 Å². The molecule has 0 spiro atoms. The summed E-state index contributed by atoms with van der Waals surface area (Å²) >= 11 is 1.58. The number of benzene rings is 1. The van der Waals surface area contributed by atoms with Crippen molar-refractivity contribution in [2.45, 2.75) is 33.1 Å². The average molecular weight is 433 g/mol. The summed E-state index contributed by atoms with van der Waals surface area (Å²) in [7, 11) is 1.97. The van der Waals surface area contributed by atoms with Crippen LogP contribution in [0.1, 0.15) is 37.6 Å². The van der Waals surface area contributed by atoms with Crippen molar-refractivity contribution in [2.24, 2.45) is 0 Å². The third-order valence-electron chi connectivity index (χ3n) is 4.58. The first-order chi connectivity index (χ1) is 14.3. The number of rotatable bonds is 9. The standard InChI is InChI=1S/C21H26F2N6S/c1-6-7-13(3)24-17-11-15(18-20(26-17)28-21(27-18)19(22)23)25-14-9-8-12(2)10-16(14)29(4)30-5/h8-11,19H,3,6-7H2,1-2,4-5H3,(H3,24,25,26,27,28). The lowest BCUT2D eigenvalue weighted by molar-refractivity contribution is 0.142. The van der Waals surface area contributed by atoms with Crippen LogP contribution in [0.5, 0.6) is 0 Å². The minimum absolute atomic E-state index is 0.217. The van der Waals surface area contributed by atoms with Crippen molar-refractivity contribution < 1.29 is 8.78 Å². The number of halogens is 2. The van der Waals surface area contributed by atoms with E-state index in [1.807, 2.05) is 36.7 Å². The second-order valence-electron chi connectivity index (χ2n) is 6.98. The molecule has 0 amide bonds. The first-order valence-corrected chi connectivity index (χ1v) is 10.8. The van der Waals surface area contributed by atoms with Gasteiger partial charge < -0.3 is 19.9 Å². The first kappa shape index (κ1) is 21.9. The Morgan fingerprint density at radius 1 is 1.27 bits per heavy atom. The van der Waals surface area contributed by atoms with E-state index in [0.29, 0.717) is 17.0 Å². The van der Waals surface area contributed by atoms with Gasteiger partial charge in [-0.05, 0) is 31.0 Å². The van der Waals surface area contributed by atoms with Crippen molar-refractivity contribution in [3.05, 3.63) is 47.9 Å². The van der Waals surface area contributed by atoms with Crippen molar-refractivity contribution in [1.29, 1.82) is 0 Å². The summed E-state index contributed by atoms with van der Waals surface area (Å²) in [5.41, 5.74) is 4.99. The zero-order valence-corrected chi connectivity index (χ0v) is 18.3. The summed E-state index contributed by atoms with van der Waals surface area (Å²) in [6.07, 6.45) is 0.995. The van der Waals surface area contributed by atoms with Crippen molar-refractivity contribution in [1.82, 2.24) is 15.0 Å². The van der Waals surface area contributed by atoms with Crippen LogP contribution < -0.4 is 14.9 Å². The van der Waals surface area contributed by atoms with Crippen LogP contribution in [-0.2, 0) is 0 Å². The molecule has 0 bridgehead atoms. The van der Waals surface area contributed by atoms with Crippen LogP contribution in [0, 0.1) is 6.92 Å². The van der Waals surface area contributed by atoms with E-state index in [1.165, 1.54) is 0 Å². The highest BCUT2D eigenvalue weighted by Gasteiger charge is 2.18. The van der Waals surface area contributed by atoms with Crippen LogP contribution >= 0.6 is 11.9 Å². The van der Waals surface area contributed by atoms with Crippen LogP contribution in [0.25, 0.3) is 11.2 Å². The second-order valence-corrected chi connectivity index (χ2v) is 7.89. The number of nitrogens with one attached hydrogen (secondary N) is 3. The molecule has 0 saturated heterocycles. The molecule has 6 nitrogen and oxygen atoms in total. The first-order valence-electron chi connectivity index (χ1n) is 9.61. The molecular formula is C21H26F2N6S. The number of hydrogen-bond acceptors (Lipinski definition) is 6. The molecule has 3 N–H and O–H groups in total. The van der Waals surface area contributed by atoms with Crippen LogP contribution in [-0.4, -0.2) is 28.3 Å². The SMILES string of the molecule is C=C(CCC)Nc1cc(Nc2ccc(C)cc2N(C)SC)c2[nH]c(C(F)F)nc2n1. The minimum Gasteiger partial charge on any atom is -0.352 e. The Bertz CT molecular complexity index is 1050. The molecule has 2 heterocycles. The molecule has 9 heteroatoms. The van der Waals surface area contributed by atoms with Gasteiger partial charge in [-0.15, -0.1) is 0 Å². The molecule has 0 aliphatic rings. The summed E-state index contributed by atoms with van der Waals surface area (Å²) in [6.45, 7) is 8.08. The number of aryl methyl sites for hydroxylation is 1. The molecule has 3 aromatic rings. The summed E-state index contributed by atoms with van der Waals surface area (Å²) < 4.78 is 28.5. The lowest BCUT2D eigenvalue weighted by Crippen LogP contribution is -2.08. The van der Waals surface area contributed by atoms with Crippen molar-refractivity contribution in [2.75, 3.05) is 28.2 Å². The van der Waals surface area contributed by atoms with Gasteiger partial charge in [-0.25, -0.2) is 18.7 Å². The van der Waals surface area contributed by atoms with Gasteiger partial charge in [0.1, 0.15) is 11.3 Å². The van der Waals surface area contributed by atoms with E-state index in [-0.39, 0.29) is 5.65 Å². The molecule has 0 aliphatic heterocycles. The van der Waals surface area contributed by atoms with E-state index >= 15 is 0 Å². The fourth-order valence-electron chi connectivity index (χ4n) is 3.07. The Labute approximate surface area is 179 Å². The van der Waals surface area contributed by atoms with E-state index < -0.39 is 12.2 Å². The van der Waals surface area contributed by atoms with E-state index in [2.05, 4.69) is 45.2 Å². The predicted octanol–water partition coefficient (Wildman–Crippen LogP) is 6.39. The highest BCUT2D eigenvalue weighted by molar-refractivity contribution is 7.99. The Morgan fingerprint density at radius 2 is 2.03 bits per heavy atom. The number of aromatic nitrogens is 3. The average Bonchev–Trinajstić information content (AvgIpc) is 3.13. The largest absolute Gasteiger partial charge is 0.352 e. The molecule has 3 rings (SSSR count). The number of alkyl halides is 2. The third-order valence-corrected chi connectivity index (χ3v) is 5.32. The maximum absolute atomic E-state index is 13.3. The van der Waals surface area contributed by atoms with Crippen LogP contribution in [0.15, 0.2) is 36.5 Å². The van der Waals surface area contributed by atoms with Gasteiger partial charge in [-0.2, -0.15) is 0 Å². The number of aromatic amines is 1. The number of imidazole rings is 1. The topological polar surface area (TPSA) is 68.9 Å². The molecule has 2 aromatic heterocycles. The highest BCUT2D eigenvalue weighted by atomic mass is 32.2. The van der Waals surface area contributed by atoms with E-state index in [0.717, 1.165) is 35.5 Å². The van der Waals surface area contributed by atoms with Gasteiger partial charge in [0, 0.05) is 25.1 Å². The Kier molecular flexibility index (Phi) is 6.81. The maximum Gasteiger partial charge on any atom is 0.295 e. The number of H-pyrrole nitrogens is 1. The molecule has 0 atom stereocenters. The van der Waals surface area contributed by atoms with Gasteiger partial charge in [0.25, 0.3) is 6.43 Å². The quantitative estimate of drug-likeness (QED) is 0.341. The van der Waals surface area contributed by atoms with Gasteiger partial charge >= 0.3 is 0 Å². The summed E-state index contributed by atoms with van der Waals surface area (Å²) in [4.78, 5) is 11.1. The normalized spacial score (nSPS) is 11.2. The molecule has 30 heavy (non-hydrogen) atoms. The smallest absolute Gasteiger partial charge is 0.295 e. The van der Waals surface area contributed by atoms with Gasteiger partial charge in [0.15, 0.2) is 11.5 Å². The molecule has 0 unspecified atom stereocenters. The molecule has 0 aliphatic carbocycles. The number of nitrogens with zero attached hydrogens (tertiary/aromatic N) is 3. The van der Waals surface area contributed by atoms with Crippen LogP contribution in [0.4, 0.5) is 31.7 Å². The maximum atomic E-state index is 13.3. The number of hydrogen-bond donors (Lipinski definition) is 3. The van der Waals surface area contributed by atoms with Gasteiger partial charge in [0.05, 0.1) is 17.1 Å². The Balaban J connectivity index is 2.08. The third kappa shape index (κ3) is 4.84. The number of anilines is 4. The fraction of sp³-hybridized carbons (Fsp3) is 0.333. The number of fused-ring (bicyclic) bond motifs is 1. The van der Waals surface area contributed by atoms with E-state index in [4.69, 9.17) is 0 Å². The summed E-state index contributed by atoms with van der Waals surface area (Å²) in [6, 6.07) is 7.81. The summed E-state index contributed by atoms with van der Waals surface area (Å²) in [5, 5.41) is 6.53. The van der Waals surface area contributed by atoms with Crippen molar-refractivity contribution in [3.8, 4) is 0 Å². The monoisotopic (exact) mass is 432 g/mol. The Hall–Kier alpha value is -2.81. The predicted molar refractivity (Wildman–Crippen MR) is 123 cm³/mol. The van der Waals surface area contributed by atoms with Crippen molar-refractivity contribution in [3.63, 3.8) is 0 Å². The van der Waals surface area contributed by atoms with E-state index in [9.17, 15) is 8.78 Å². The van der Waals surface area contributed by atoms with Gasteiger partial charge in [-0.1, -0.05) is 37.9 Å². The van der Waals surface area contributed by atoms with E-state index in [1.54, 1.807) is 18.0 Å². The molecular weight excluding hydrogens is 406 g/mol. The van der Waals surface area contributed by atoms with Crippen LogP contribution in [0.2, 0.25) is 0 Å². The highest BCUT2D eigenvalue weighted by Crippen LogP contribution is 2.35. The van der Waals surface area contributed by atoms with Gasteiger partial charge in [-0.3, -0.25) is 0 Å². The van der Waals surface area contributed by atoms with Gasteiger partial charge in [0.2, 0.25) is 0 Å². The minimum atomic E-state index is -2.71. The van der Waals surface area contributed by atoms with Crippen LogP contribution in [0.3, 0.4) is 0 Å². The number of allylic oxidation sites excluding steroid dienone is 1. The number of pyridine rings is 1. The fourth-order valence-corrected chi connectivity index (χ4v) is 3.42.